The molecule has 0 saturated carbocycles. The van der Waals surface area contributed by atoms with E-state index in [2.05, 4.69) is 31.2 Å². The van der Waals surface area contributed by atoms with Gasteiger partial charge in [0, 0.05) is 41.7 Å². The van der Waals surface area contributed by atoms with E-state index in [4.69, 9.17) is 5.73 Å². The third-order valence-corrected chi connectivity index (χ3v) is 5.78. The van der Waals surface area contributed by atoms with Gasteiger partial charge in [-0.15, -0.1) is 0 Å². The summed E-state index contributed by atoms with van der Waals surface area (Å²) >= 11 is 3.49. The van der Waals surface area contributed by atoms with Gasteiger partial charge in [0.15, 0.2) is 0 Å². The van der Waals surface area contributed by atoms with Crippen molar-refractivity contribution in [2.45, 2.75) is 6.92 Å². The van der Waals surface area contributed by atoms with E-state index in [9.17, 15) is 4.79 Å². The highest BCUT2D eigenvalue weighted by Crippen LogP contribution is 2.30. The first-order valence-electron chi connectivity index (χ1n) is 10.5. The van der Waals surface area contributed by atoms with Crippen molar-refractivity contribution >= 4 is 50.2 Å². The highest BCUT2D eigenvalue weighted by atomic mass is 79.9. The fourth-order valence-corrected chi connectivity index (χ4v) is 4.09. The molecule has 4 aromatic rings. The number of amides is 1. The summed E-state index contributed by atoms with van der Waals surface area (Å²) in [6.45, 7) is 2.56. The van der Waals surface area contributed by atoms with Crippen LogP contribution in [0.25, 0.3) is 22.0 Å². The summed E-state index contributed by atoms with van der Waals surface area (Å²) in [6, 6.07) is 21.4. The van der Waals surface area contributed by atoms with E-state index in [1.807, 2.05) is 87.7 Å². The van der Waals surface area contributed by atoms with E-state index in [1.54, 1.807) is 10.0 Å². The van der Waals surface area contributed by atoms with Gasteiger partial charge < -0.3 is 11.1 Å². The van der Waals surface area contributed by atoms with E-state index in [0.29, 0.717) is 17.9 Å². The second-order valence-electron chi connectivity index (χ2n) is 7.74. The summed E-state index contributed by atoms with van der Waals surface area (Å²) in [6.07, 6.45) is 0. The molecule has 0 aliphatic carbocycles. The Kier molecular flexibility index (Phi) is 6.57. The summed E-state index contributed by atoms with van der Waals surface area (Å²) < 4.78 is 0.963. The maximum absolute atomic E-state index is 12.8. The molecule has 8 heteroatoms. The molecule has 0 fully saturated rings. The number of nitrogen functional groups attached to an aromatic ring is 1. The lowest BCUT2D eigenvalue weighted by Crippen LogP contribution is -2.41. The predicted molar refractivity (Wildman–Crippen MR) is 137 cm³/mol. The molecule has 4 rings (SSSR count). The summed E-state index contributed by atoms with van der Waals surface area (Å²) in [7, 11) is 3.72. The number of rotatable bonds is 6. The molecule has 1 aromatic heterocycles. The summed E-state index contributed by atoms with van der Waals surface area (Å²) in [4.78, 5) is 21.6. The molecule has 1 amide bonds. The first-order valence-corrected chi connectivity index (χ1v) is 11.3. The zero-order valence-corrected chi connectivity index (χ0v) is 20.3. The zero-order chi connectivity index (χ0) is 23.5. The van der Waals surface area contributed by atoms with Crippen LogP contribution in [-0.4, -0.2) is 46.5 Å². The fraction of sp³-hybridized carbons (Fsp3) is 0.160. The minimum absolute atomic E-state index is 0.0306. The van der Waals surface area contributed by atoms with Gasteiger partial charge in [0.2, 0.25) is 5.95 Å². The number of hydrazine groups is 1. The van der Waals surface area contributed by atoms with Crippen molar-refractivity contribution in [2.75, 3.05) is 31.7 Å². The highest BCUT2D eigenvalue weighted by Gasteiger charge is 2.16. The number of hydrogen-bond donors (Lipinski definition) is 2. The monoisotopic (exact) mass is 504 g/mol. The van der Waals surface area contributed by atoms with E-state index < -0.39 is 0 Å². The lowest BCUT2D eigenvalue weighted by molar-refractivity contribution is 0.0230. The molecule has 0 spiro atoms. The molecule has 7 nitrogen and oxygen atoms in total. The Balaban J connectivity index is 1.69. The van der Waals surface area contributed by atoms with Crippen molar-refractivity contribution < 1.29 is 4.79 Å². The topological polar surface area (TPSA) is 87.4 Å². The van der Waals surface area contributed by atoms with Crippen LogP contribution in [-0.2, 0) is 0 Å². The predicted octanol–water partition coefficient (Wildman–Crippen LogP) is 5.32. The van der Waals surface area contributed by atoms with Gasteiger partial charge in [-0.3, -0.25) is 9.80 Å². The number of carbonyl (C=O) groups is 1. The second kappa shape index (κ2) is 9.56. The number of carbonyl (C=O) groups excluding carboxylic acids is 1. The molecule has 0 saturated heterocycles. The number of aromatic nitrogens is 2. The number of nitrogens with one attached hydrogen (secondary N) is 1. The third kappa shape index (κ3) is 4.97. The van der Waals surface area contributed by atoms with Gasteiger partial charge in [-0.25, -0.2) is 9.99 Å². The molecule has 33 heavy (non-hydrogen) atoms. The average molecular weight is 505 g/mol. The SMILES string of the molecule is CCN(C(=O)c1ccc(-c2ccc3nc(N)nc(Nc4cccc(Br)c4)c3c2)cc1)N(C)C. The van der Waals surface area contributed by atoms with Crippen molar-refractivity contribution in [3.63, 3.8) is 0 Å². The molecule has 0 aliphatic heterocycles. The van der Waals surface area contributed by atoms with Crippen molar-refractivity contribution in [3.05, 3.63) is 76.8 Å². The van der Waals surface area contributed by atoms with Crippen LogP contribution in [0, 0.1) is 0 Å². The van der Waals surface area contributed by atoms with Crippen molar-refractivity contribution in [1.29, 1.82) is 0 Å². The minimum Gasteiger partial charge on any atom is -0.368 e. The average Bonchev–Trinajstić information content (AvgIpc) is 2.79. The molecular formula is C25H25BrN6O. The fourth-order valence-electron chi connectivity index (χ4n) is 3.69. The Hall–Kier alpha value is -3.49. The number of fused-ring (bicyclic) bond motifs is 1. The van der Waals surface area contributed by atoms with Crippen molar-refractivity contribution in [1.82, 2.24) is 20.0 Å². The smallest absolute Gasteiger partial charge is 0.268 e. The lowest BCUT2D eigenvalue weighted by atomic mass is 10.0. The normalized spacial score (nSPS) is 11.1. The van der Waals surface area contributed by atoms with Crippen LogP contribution in [0.3, 0.4) is 0 Å². The molecule has 0 bridgehead atoms. The molecule has 0 aliphatic rings. The van der Waals surface area contributed by atoms with Crippen LogP contribution in [0.15, 0.2) is 71.2 Å². The van der Waals surface area contributed by atoms with Gasteiger partial charge in [-0.2, -0.15) is 4.98 Å². The molecule has 168 valence electrons. The van der Waals surface area contributed by atoms with Gasteiger partial charge in [0.1, 0.15) is 5.82 Å². The highest BCUT2D eigenvalue weighted by molar-refractivity contribution is 9.10. The van der Waals surface area contributed by atoms with Crippen LogP contribution in [0.5, 0.6) is 0 Å². The maximum atomic E-state index is 12.8. The Morgan fingerprint density at radius 1 is 1.00 bits per heavy atom. The number of halogens is 1. The first kappa shape index (κ1) is 22.7. The number of anilines is 3. The molecule has 0 radical (unpaired) electrons. The van der Waals surface area contributed by atoms with Gasteiger partial charge in [-0.1, -0.05) is 40.2 Å². The quantitative estimate of drug-likeness (QED) is 0.345. The van der Waals surface area contributed by atoms with E-state index in [0.717, 1.165) is 32.2 Å². The number of nitrogens with two attached hydrogens (primary N) is 1. The van der Waals surface area contributed by atoms with Crippen molar-refractivity contribution in [3.8, 4) is 11.1 Å². The van der Waals surface area contributed by atoms with Gasteiger partial charge in [0.05, 0.1) is 5.52 Å². The first-order chi connectivity index (χ1) is 15.9. The van der Waals surface area contributed by atoms with Crippen LogP contribution >= 0.6 is 15.9 Å². The second-order valence-corrected chi connectivity index (χ2v) is 8.66. The summed E-state index contributed by atoms with van der Waals surface area (Å²) in [5, 5.41) is 7.68. The molecule has 3 N–H and O–H groups in total. The van der Waals surface area contributed by atoms with Crippen LogP contribution in [0.1, 0.15) is 17.3 Å². The third-order valence-electron chi connectivity index (χ3n) is 5.28. The largest absolute Gasteiger partial charge is 0.368 e. The molecule has 3 aromatic carbocycles. The van der Waals surface area contributed by atoms with Crippen LogP contribution in [0.2, 0.25) is 0 Å². The van der Waals surface area contributed by atoms with Crippen molar-refractivity contribution in [2.24, 2.45) is 0 Å². The summed E-state index contributed by atoms with van der Waals surface area (Å²) in [5.74, 6) is 0.808. The lowest BCUT2D eigenvalue weighted by Gasteiger charge is -2.27. The molecule has 0 atom stereocenters. The number of nitrogens with zero attached hydrogens (tertiary/aromatic N) is 4. The zero-order valence-electron chi connectivity index (χ0n) is 18.7. The Labute approximate surface area is 201 Å². The Bertz CT molecular complexity index is 1310. The maximum Gasteiger partial charge on any atom is 0.268 e. The minimum atomic E-state index is -0.0306. The van der Waals surface area contributed by atoms with E-state index in [1.165, 1.54) is 0 Å². The molecule has 1 heterocycles. The van der Waals surface area contributed by atoms with Crippen LogP contribution in [0.4, 0.5) is 17.5 Å². The number of hydrogen-bond acceptors (Lipinski definition) is 6. The van der Waals surface area contributed by atoms with Gasteiger partial charge in [-0.05, 0) is 60.5 Å². The van der Waals surface area contributed by atoms with Crippen LogP contribution < -0.4 is 11.1 Å². The van der Waals surface area contributed by atoms with Gasteiger partial charge in [0.25, 0.3) is 5.91 Å². The standard InChI is InChI=1S/C25H25BrN6O/c1-4-32(31(2)3)24(33)17-10-8-16(9-11-17)18-12-13-22-21(14-18)23(30-25(27)29-22)28-20-7-5-6-19(26)15-20/h5-15H,4H2,1-3H3,(H3,27,28,29,30). The molecule has 0 unspecified atom stereocenters. The van der Waals surface area contributed by atoms with E-state index >= 15 is 0 Å². The molecular weight excluding hydrogens is 480 g/mol. The Morgan fingerprint density at radius 2 is 1.73 bits per heavy atom. The van der Waals surface area contributed by atoms with E-state index in [-0.39, 0.29) is 11.9 Å². The Morgan fingerprint density at radius 3 is 2.39 bits per heavy atom. The summed E-state index contributed by atoms with van der Waals surface area (Å²) in [5.41, 5.74) is 10.2. The number of benzene rings is 3. The van der Waals surface area contributed by atoms with Gasteiger partial charge >= 0.3 is 0 Å².